The highest BCUT2D eigenvalue weighted by Crippen LogP contribution is 2.26. The molecule has 15 heavy (non-hydrogen) atoms. The highest BCUT2D eigenvalue weighted by Gasteiger charge is 2.23. The van der Waals surface area contributed by atoms with Gasteiger partial charge in [-0.2, -0.15) is 11.8 Å². The monoisotopic (exact) mass is 285 g/mol. The number of rotatable bonds is 2. The Morgan fingerprint density at radius 1 is 1.47 bits per heavy atom. The number of carbonyl (C=O) groups excluding carboxylic acids is 1. The van der Waals surface area contributed by atoms with E-state index in [0.717, 1.165) is 28.1 Å². The van der Waals surface area contributed by atoms with Crippen molar-refractivity contribution >= 4 is 39.3 Å². The molecule has 1 saturated heterocycles. The molecule has 1 atom stereocenters. The van der Waals surface area contributed by atoms with Gasteiger partial charge in [-0.25, -0.2) is 0 Å². The van der Waals surface area contributed by atoms with Gasteiger partial charge in [0.2, 0.25) is 5.91 Å². The predicted molar refractivity (Wildman–Crippen MR) is 68.2 cm³/mol. The SMILES string of the molecule is O=C(Nc1ccccc1Br)C1CCSC1. The number of halogens is 1. The van der Waals surface area contributed by atoms with Crippen LogP contribution in [0.5, 0.6) is 0 Å². The lowest BCUT2D eigenvalue weighted by atomic mass is 10.1. The Kier molecular flexibility index (Phi) is 3.70. The first-order valence-corrected chi connectivity index (χ1v) is 6.85. The molecule has 80 valence electrons. The zero-order chi connectivity index (χ0) is 10.7. The summed E-state index contributed by atoms with van der Waals surface area (Å²) >= 11 is 5.27. The number of carbonyl (C=O) groups is 1. The van der Waals surface area contributed by atoms with Crippen LogP contribution in [0, 0.1) is 5.92 Å². The second kappa shape index (κ2) is 5.03. The summed E-state index contributed by atoms with van der Waals surface area (Å²) in [4.78, 5) is 11.8. The van der Waals surface area contributed by atoms with Crippen LogP contribution in [0.2, 0.25) is 0 Å². The standard InChI is InChI=1S/C11H12BrNOS/c12-9-3-1-2-4-10(9)13-11(14)8-5-6-15-7-8/h1-4,8H,5-7H2,(H,13,14). The molecule has 1 aliphatic rings. The second-order valence-electron chi connectivity index (χ2n) is 3.53. The lowest BCUT2D eigenvalue weighted by molar-refractivity contribution is -0.119. The maximum absolute atomic E-state index is 11.8. The van der Waals surface area contributed by atoms with Crippen molar-refractivity contribution in [3.63, 3.8) is 0 Å². The van der Waals surface area contributed by atoms with Gasteiger partial charge in [-0.15, -0.1) is 0 Å². The Labute approximate surface area is 102 Å². The highest BCUT2D eigenvalue weighted by molar-refractivity contribution is 9.10. The first kappa shape index (κ1) is 11.0. The average molecular weight is 286 g/mol. The molecule has 1 aliphatic heterocycles. The lowest BCUT2D eigenvalue weighted by Crippen LogP contribution is -2.22. The molecule has 0 bridgehead atoms. The van der Waals surface area contributed by atoms with Crippen molar-refractivity contribution in [1.82, 2.24) is 0 Å². The number of hydrogen-bond acceptors (Lipinski definition) is 2. The molecule has 0 aromatic heterocycles. The van der Waals surface area contributed by atoms with E-state index in [9.17, 15) is 4.79 Å². The molecule has 2 nitrogen and oxygen atoms in total. The maximum Gasteiger partial charge on any atom is 0.228 e. The van der Waals surface area contributed by atoms with Gasteiger partial charge >= 0.3 is 0 Å². The van der Waals surface area contributed by atoms with Gasteiger partial charge in [-0.1, -0.05) is 12.1 Å². The fraction of sp³-hybridized carbons (Fsp3) is 0.364. The first-order valence-electron chi connectivity index (χ1n) is 4.90. The molecular formula is C11H12BrNOS. The van der Waals surface area contributed by atoms with E-state index in [0.29, 0.717) is 0 Å². The summed E-state index contributed by atoms with van der Waals surface area (Å²) in [6.07, 6.45) is 1.00. The minimum absolute atomic E-state index is 0.145. The van der Waals surface area contributed by atoms with E-state index in [1.54, 1.807) is 0 Å². The molecular weight excluding hydrogens is 274 g/mol. The Morgan fingerprint density at radius 3 is 2.93 bits per heavy atom. The molecule has 2 rings (SSSR count). The van der Waals surface area contributed by atoms with Gasteiger partial charge in [0, 0.05) is 16.1 Å². The third kappa shape index (κ3) is 2.75. The van der Waals surface area contributed by atoms with E-state index in [-0.39, 0.29) is 11.8 Å². The van der Waals surface area contributed by atoms with Gasteiger partial charge in [0.25, 0.3) is 0 Å². The molecule has 1 amide bonds. The number of hydrogen-bond donors (Lipinski definition) is 1. The zero-order valence-corrected chi connectivity index (χ0v) is 10.6. The Bertz CT molecular complexity index is 363. The molecule has 0 spiro atoms. The van der Waals surface area contributed by atoms with Gasteiger partial charge < -0.3 is 5.32 Å². The molecule has 1 unspecified atom stereocenters. The molecule has 1 N–H and O–H groups in total. The average Bonchev–Trinajstić information content (AvgIpc) is 2.74. The van der Waals surface area contributed by atoms with Gasteiger partial charge in [0.05, 0.1) is 5.69 Å². The van der Waals surface area contributed by atoms with Gasteiger partial charge in [0.15, 0.2) is 0 Å². The minimum Gasteiger partial charge on any atom is -0.325 e. The zero-order valence-electron chi connectivity index (χ0n) is 8.20. The largest absolute Gasteiger partial charge is 0.325 e. The van der Waals surface area contributed by atoms with Gasteiger partial charge in [-0.05, 0) is 40.2 Å². The van der Waals surface area contributed by atoms with Crippen LogP contribution in [0.4, 0.5) is 5.69 Å². The number of amides is 1. The smallest absolute Gasteiger partial charge is 0.228 e. The predicted octanol–water partition coefficient (Wildman–Crippen LogP) is 3.14. The molecule has 1 aromatic rings. The minimum atomic E-state index is 0.145. The lowest BCUT2D eigenvalue weighted by Gasteiger charge is -2.10. The summed E-state index contributed by atoms with van der Waals surface area (Å²) in [7, 11) is 0. The topological polar surface area (TPSA) is 29.1 Å². The van der Waals surface area contributed by atoms with Crippen LogP contribution in [0.15, 0.2) is 28.7 Å². The van der Waals surface area contributed by atoms with E-state index in [1.165, 1.54) is 0 Å². The summed E-state index contributed by atoms with van der Waals surface area (Å²) in [5, 5.41) is 2.95. The van der Waals surface area contributed by atoms with E-state index in [2.05, 4.69) is 21.2 Å². The van der Waals surface area contributed by atoms with Crippen LogP contribution in [0.3, 0.4) is 0 Å². The fourth-order valence-electron chi connectivity index (χ4n) is 1.54. The molecule has 0 radical (unpaired) electrons. The van der Waals surface area contributed by atoms with Crippen molar-refractivity contribution < 1.29 is 4.79 Å². The molecule has 0 saturated carbocycles. The molecule has 4 heteroatoms. The van der Waals surface area contributed by atoms with Gasteiger partial charge in [0.1, 0.15) is 0 Å². The number of nitrogens with one attached hydrogen (secondary N) is 1. The highest BCUT2D eigenvalue weighted by atomic mass is 79.9. The van der Waals surface area contributed by atoms with Crippen molar-refractivity contribution in [3.8, 4) is 0 Å². The summed E-state index contributed by atoms with van der Waals surface area (Å²) < 4.78 is 0.934. The van der Waals surface area contributed by atoms with E-state index < -0.39 is 0 Å². The van der Waals surface area contributed by atoms with E-state index in [4.69, 9.17) is 0 Å². The summed E-state index contributed by atoms with van der Waals surface area (Å²) in [6, 6.07) is 7.69. The number of benzene rings is 1. The van der Waals surface area contributed by atoms with Crippen molar-refractivity contribution in [2.75, 3.05) is 16.8 Å². The quantitative estimate of drug-likeness (QED) is 0.905. The van der Waals surface area contributed by atoms with Crippen LogP contribution >= 0.6 is 27.7 Å². The van der Waals surface area contributed by atoms with E-state index >= 15 is 0 Å². The third-order valence-electron chi connectivity index (χ3n) is 2.43. The molecule has 0 aliphatic carbocycles. The number of anilines is 1. The van der Waals surface area contributed by atoms with Crippen molar-refractivity contribution in [1.29, 1.82) is 0 Å². The normalized spacial score (nSPS) is 20.2. The summed E-state index contributed by atoms with van der Waals surface area (Å²) in [5.74, 6) is 2.39. The second-order valence-corrected chi connectivity index (χ2v) is 5.53. The van der Waals surface area contributed by atoms with Crippen LogP contribution in [-0.2, 0) is 4.79 Å². The maximum atomic E-state index is 11.8. The van der Waals surface area contributed by atoms with E-state index in [1.807, 2.05) is 36.0 Å². The van der Waals surface area contributed by atoms with Crippen LogP contribution in [0.1, 0.15) is 6.42 Å². The van der Waals surface area contributed by atoms with Crippen LogP contribution in [0.25, 0.3) is 0 Å². The van der Waals surface area contributed by atoms with Crippen LogP contribution in [-0.4, -0.2) is 17.4 Å². The van der Waals surface area contributed by atoms with Crippen molar-refractivity contribution in [2.45, 2.75) is 6.42 Å². The first-order chi connectivity index (χ1) is 7.27. The van der Waals surface area contributed by atoms with Crippen molar-refractivity contribution in [2.24, 2.45) is 5.92 Å². The summed E-state index contributed by atoms with van der Waals surface area (Å²) in [6.45, 7) is 0. The van der Waals surface area contributed by atoms with Crippen LogP contribution < -0.4 is 5.32 Å². The summed E-state index contributed by atoms with van der Waals surface area (Å²) in [5.41, 5.74) is 0.861. The Hall–Kier alpha value is -0.480. The molecule has 1 fully saturated rings. The Balaban J connectivity index is 2.02. The molecule has 1 aromatic carbocycles. The van der Waals surface area contributed by atoms with Crippen molar-refractivity contribution in [3.05, 3.63) is 28.7 Å². The van der Waals surface area contributed by atoms with Gasteiger partial charge in [-0.3, -0.25) is 4.79 Å². The third-order valence-corrected chi connectivity index (χ3v) is 4.29. The fourth-order valence-corrected chi connectivity index (χ4v) is 3.14. The number of thioether (sulfide) groups is 1. The number of para-hydroxylation sites is 1. The molecule has 1 heterocycles. The Morgan fingerprint density at radius 2 is 2.27 bits per heavy atom.